The Morgan fingerprint density at radius 1 is 1.29 bits per heavy atom. The Hall–Kier alpha value is -1.79. The van der Waals surface area contributed by atoms with Gasteiger partial charge in [0.15, 0.2) is 0 Å². The second-order valence-corrected chi connectivity index (χ2v) is 2.77. The molecule has 74 valence electrons. The second-order valence-electron chi connectivity index (χ2n) is 2.77. The van der Waals surface area contributed by atoms with Crippen molar-refractivity contribution in [3.8, 4) is 0 Å². The highest BCUT2D eigenvalue weighted by Gasteiger charge is 2.33. The van der Waals surface area contributed by atoms with Crippen LogP contribution in [-0.4, -0.2) is 15.4 Å². The maximum atomic E-state index is 12.3. The molecule has 4 nitrogen and oxygen atoms in total. The average Bonchev–Trinajstić information content (AvgIpc) is 2.47. The minimum Gasteiger partial charge on any atom is -0.398 e. The van der Waals surface area contributed by atoms with E-state index in [0.717, 1.165) is 12.1 Å². The number of hydrogen-bond donors (Lipinski definition) is 2. The van der Waals surface area contributed by atoms with Crippen LogP contribution in [0.5, 0.6) is 0 Å². The van der Waals surface area contributed by atoms with Crippen molar-refractivity contribution in [1.82, 2.24) is 15.4 Å². The Morgan fingerprint density at radius 2 is 2.00 bits per heavy atom. The highest BCUT2D eigenvalue weighted by molar-refractivity contribution is 5.79. The van der Waals surface area contributed by atoms with Gasteiger partial charge in [0.2, 0.25) is 0 Å². The van der Waals surface area contributed by atoms with Crippen LogP contribution < -0.4 is 5.73 Å². The molecule has 0 amide bonds. The molecule has 0 aliphatic heterocycles. The molecule has 2 rings (SSSR count). The molecule has 14 heavy (non-hydrogen) atoms. The van der Waals surface area contributed by atoms with Crippen LogP contribution in [-0.2, 0) is 6.18 Å². The van der Waals surface area contributed by atoms with E-state index in [1.807, 2.05) is 0 Å². The molecule has 0 spiro atoms. The lowest BCUT2D eigenvalue weighted by Crippen LogP contribution is -2.08. The third-order valence-corrected chi connectivity index (χ3v) is 1.80. The number of halogens is 3. The van der Waals surface area contributed by atoms with E-state index < -0.39 is 11.7 Å². The monoisotopic (exact) mass is 202 g/mol. The van der Waals surface area contributed by atoms with E-state index in [9.17, 15) is 13.2 Å². The van der Waals surface area contributed by atoms with E-state index in [2.05, 4.69) is 15.4 Å². The van der Waals surface area contributed by atoms with Crippen LogP contribution in [0.4, 0.5) is 18.9 Å². The summed E-state index contributed by atoms with van der Waals surface area (Å²) in [5.41, 5.74) is 4.54. The lowest BCUT2D eigenvalue weighted by Gasteiger charge is -2.08. The predicted octanol–water partition coefficient (Wildman–Crippen LogP) is 1.56. The van der Waals surface area contributed by atoms with E-state index in [1.54, 1.807) is 0 Å². The molecule has 1 aromatic carbocycles. The summed E-state index contributed by atoms with van der Waals surface area (Å²) in [5, 5.41) is 9.27. The van der Waals surface area contributed by atoms with Crippen LogP contribution in [0.2, 0.25) is 0 Å². The summed E-state index contributed by atoms with van der Waals surface area (Å²) in [6.07, 6.45) is -4.46. The number of benzene rings is 1. The topological polar surface area (TPSA) is 67.6 Å². The standard InChI is InChI=1S/C7H5F3N4/c8-7(9,10)3-1-5-6(2-4(3)11)13-14-12-5/h1-2H,11H2,(H,12,13,14). The van der Waals surface area contributed by atoms with Crippen LogP contribution in [0.15, 0.2) is 12.1 Å². The molecule has 7 heteroatoms. The van der Waals surface area contributed by atoms with Gasteiger partial charge in [0.1, 0.15) is 5.52 Å². The number of H-pyrrole nitrogens is 1. The predicted molar refractivity (Wildman–Crippen MR) is 43.3 cm³/mol. The van der Waals surface area contributed by atoms with Gasteiger partial charge in [-0.1, -0.05) is 5.21 Å². The summed E-state index contributed by atoms with van der Waals surface area (Å²) in [5.74, 6) is 0. The van der Waals surface area contributed by atoms with E-state index in [0.29, 0.717) is 5.52 Å². The van der Waals surface area contributed by atoms with Crippen molar-refractivity contribution in [1.29, 1.82) is 0 Å². The number of aromatic nitrogens is 3. The lowest BCUT2D eigenvalue weighted by atomic mass is 10.1. The molecule has 1 aromatic heterocycles. The molecule has 2 aromatic rings. The smallest absolute Gasteiger partial charge is 0.398 e. The summed E-state index contributed by atoms with van der Waals surface area (Å²) in [6.45, 7) is 0. The summed E-state index contributed by atoms with van der Waals surface area (Å²) >= 11 is 0. The van der Waals surface area contributed by atoms with Gasteiger partial charge in [-0.15, -0.1) is 5.10 Å². The number of anilines is 1. The van der Waals surface area contributed by atoms with Crippen molar-refractivity contribution in [2.45, 2.75) is 6.18 Å². The number of nitrogen functional groups attached to an aromatic ring is 1. The summed E-state index contributed by atoms with van der Waals surface area (Å²) in [7, 11) is 0. The fourth-order valence-electron chi connectivity index (χ4n) is 1.16. The number of rotatable bonds is 0. The fourth-order valence-corrected chi connectivity index (χ4v) is 1.16. The minimum atomic E-state index is -4.46. The van der Waals surface area contributed by atoms with Crippen LogP contribution in [0, 0.1) is 0 Å². The highest BCUT2D eigenvalue weighted by atomic mass is 19.4. The fraction of sp³-hybridized carbons (Fsp3) is 0.143. The number of aromatic amines is 1. The molecule has 0 unspecified atom stereocenters. The van der Waals surface area contributed by atoms with Crippen molar-refractivity contribution in [2.24, 2.45) is 0 Å². The van der Waals surface area contributed by atoms with Crippen LogP contribution in [0.3, 0.4) is 0 Å². The van der Waals surface area contributed by atoms with Gasteiger partial charge in [0, 0.05) is 5.69 Å². The van der Waals surface area contributed by atoms with Gasteiger partial charge < -0.3 is 5.73 Å². The largest absolute Gasteiger partial charge is 0.418 e. The molecule has 0 aliphatic rings. The first-order valence-electron chi connectivity index (χ1n) is 3.66. The number of fused-ring (bicyclic) bond motifs is 1. The Balaban J connectivity index is 2.71. The molecule has 0 aliphatic carbocycles. The first-order chi connectivity index (χ1) is 6.48. The van der Waals surface area contributed by atoms with Crippen molar-refractivity contribution in [2.75, 3.05) is 5.73 Å². The minimum absolute atomic E-state index is 0.145. The maximum Gasteiger partial charge on any atom is 0.418 e. The maximum absolute atomic E-state index is 12.3. The average molecular weight is 202 g/mol. The number of hydrogen-bond acceptors (Lipinski definition) is 3. The molecule has 1 heterocycles. The van der Waals surface area contributed by atoms with Crippen LogP contribution in [0.1, 0.15) is 5.56 Å². The van der Waals surface area contributed by atoms with Gasteiger partial charge in [-0.2, -0.15) is 13.2 Å². The third kappa shape index (κ3) is 1.26. The Bertz CT molecular complexity index is 473. The van der Waals surface area contributed by atoms with Gasteiger partial charge in [0.05, 0.1) is 11.1 Å². The molecule has 0 saturated heterocycles. The van der Waals surface area contributed by atoms with Crippen molar-refractivity contribution < 1.29 is 13.2 Å². The molecular formula is C7H5F3N4. The normalized spacial score (nSPS) is 12.2. The number of nitrogens with one attached hydrogen (secondary N) is 1. The van der Waals surface area contributed by atoms with Crippen LogP contribution >= 0.6 is 0 Å². The van der Waals surface area contributed by atoms with E-state index in [-0.39, 0.29) is 11.2 Å². The first-order valence-corrected chi connectivity index (χ1v) is 3.66. The molecule has 0 atom stereocenters. The second kappa shape index (κ2) is 2.60. The highest BCUT2D eigenvalue weighted by Crippen LogP contribution is 2.34. The van der Waals surface area contributed by atoms with Gasteiger partial charge in [-0.05, 0) is 12.1 Å². The van der Waals surface area contributed by atoms with E-state index >= 15 is 0 Å². The molecular weight excluding hydrogens is 197 g/mol. The number of nitrogens with zero attached hydrogens (tertiary/aromatic N) is 2. The molecule has 3 N–H and O–H groups in total. The summed E-state index contributed by atoms with van der Waals surface area (Å²) < 4.78 is 37.0. The van der Waals surface area contributed by atoms with Crippen molar-refractivity contribution >= 4 is 16.7 Å². The number of nitrogens with two attached hydrogens (primary N) is 1. The van der Waals surface area contributed by atoms with Crippen molar-refractivity contribution in [3.63, 3.8) is 0 Å². The van der Waals surface area contributed by atoms with Crippen LogP contribution in [0.25, 0.3) is 11.0 Å². The zero-order chi connectivity index (χ0) is 10.3. The molecule has 0 bridgehead atoms. The number of alkyl halides is 3. The van der Waals surface area contributed by atoms with Gasteiger partial charge in [-0.3, -0.25) is 5.10 Å². The van der Waals surface area contributed by atoms with Gasteiger partial charge in [-0.25, -0.2) is 0 Å². The Labute approximate surface area is 75.9 Å². The Kier molecular flexibility index (Phi) is 1.63. The zero-order valence-corrected chi connectivity index (χ0v) is 6.76. The zero-order valence-electron chi connectivity index (χ0n) is 6.76. The molecule has 0 radical (unpaired) electrons. The quantitative estimate of drug-likeness (QED) is 0.637. The lowest BCUT2D eigenvalue weighted by molar-refractivity contribution is -0.136. The molecule has 0 saturated carbocycles. The van der Waals surface area contributed by atoms with Gasteiger partial charge >= 0.3 is 6.18 Å². The van der Waals surface area contributed by atoms with Gasteiger partial charge in [0.25, 0.3) is 0 Å². The molecule has 0 fully saturated rings. The SMILES string of the molecule is Nc1cc2[nH]nnc2cc1C(F)(F)F. The van der Waals surface area contributed by atoms with E-state index in [1.165, 1.54) is 0 Å². The Morgan fingerprint density at radius 3 is 2.64 bits per heavy atom. The summed E-state index contributed by atoms with van der Waals surface area (Å²) in [6, 6.07) is 2.03. The van der Waals surface area contributed by atoms with E-state index in [4.69, 9.17) is 5.73 Å². The third-order valence-electron chi connectivity index (χ3n) is 1.80. The van der Waals surface area contributed by atoms with Crippen molar-refractivity contribution in [3.05, 3.63) is 17.7 Å². The summed E-state index contributed by atoms with van der Waals surface area (Å²) in [4.78, 5) is 0. The first kappa shape index (κ1) is 8.79.